The number of hydrazine groups is 1. The van der Waals surface area contributed by atoms with Gasteiger partial charge in [0.1, 0.15) is 0 Å². The normalized spacial score (nSPS) is 7.68. The first-order valence-corrected chi connectivity index (χ1v) is 5.70. The highest BCUT2D eigenvalue weighted by atomic mass is 15.4. The Kier molecular flexibility index (Phi) is 14.7. The van der Waals surface area contributed by atoms with Gasteiger partial charge in [-0.05, 0) is 0 Å². The number of nitrogens with two attached hydrogens (primary N) is 8. The first-order valence-electron chi connectivity index (χ1n) is 5.70. The van der Waals surface area contributed by atoms with Gasteiger partial charge in [-0.1, -0.05) is 0 Å². The minimum Gasteiger partial charge on any atom is -0.370 e. The van der Waals surface area contributed by atoms with E-state index in [2.05, 4.69) is 20.8 Å². The molecule has 18 nitrogen and oxygen atoms in total. The van der Waals surface area contributed by atoms with Gasteiger partial charge in [-0.15, -0.1) is 0 Å². The summed E-state index contributed by atoms with van der Waals surface area (Å²) in [5.41, 5.74) is 42.9. The van der Waals surface area contributed by atoms with Crippen LogP contribution in [0.3, 0.4) is 0 Å². The Balaban J connectivity index is -0.000000296. The quantitative estimate of drug-likeness (QED) is 0.109. The molecule has 25 heavy (non-hydrogen) atoms. The lowest BCUT2D eigenvalue weighted by molar-refractivity contribution is 0.833. The topological polar surface area (TPSA) is 388 Å². The zero-order chi connectivity index (χ0) is 20.6. The summed E-state index contributed by atoms with van der Waals surface area (Å²) in [5, 5.41) is 34.9. The maximum Gasteiger partial charge on any atom is 0.248 e. The van der Waals surface area contributed by atoms with Crippen molar-refractivity contribution in [3.05, 3.63) is 0 Å². The molecule has 0 aromatic rings. The Morgan fingerprint density at radius 2 is 0.800 bits per heavy atom. The van der Waals surface area contributed by atoms with Crippen LogP contribution in [-0.4, -0.2) is 41.7 Å². The van der Waals surface area contributed by atoms with Gasteiger partial charge in [0.05, 0.1) is 0 Å². The third-order valence-corrected chi connectivity index (χ3v) is 1.07. The molecule has 142 valence electrons. The van der Waals surface area contributed by atoms with E-state index in [0.717, 1.165) is 0 Å². The van der Waals surface area contributed by atoms with E-state index in [1.165, 1.54) is 0 Å². The molecule has 0 heterocycles. The Labute approximate surface area is 141 Å². The second-order valence-electron chi connectivity index (χ2n) is 3.43. The number of hydrogen-bond donors (Lipinski definition) is 16. The van der Waals surface area contributed by atoms with Crippen molar-refractivity contribution in [2.45, 2.75) is 0 Å². The molecule has 18 heteroatoms. The minimum absolute atomic E-state index is 0.255. The van der Waals surface area contributed by atoms with Crippen LogP contribution >= 0.6 is 0 Å². The van der Waals surface area contributed by atoms with E-state index in [4.69, 9.17) is 72.9 Å². The largest absolute Gasteiger partial charge is 0.370 e. The van der Waals surface area contributed by atoms with E-state index in [9.17, 15) is 0 Å². The van der Waals surface area contributed by atoms with Crippen LogP contribution < -0.4 is 62.0 Å². The van der Waals surface area contributed by atoms with Gasteiger partial charge in [-0.2, -0.15) is 9.98 Å². The van der Waals surface area contributed by atoms with Crippen molar-refractivity contribution >= 4 is 41.7 Å². The molecule has 0 aliphatic heterocycles. The Hall–Kier alpha value is -4.51. The number of rotatable bonds is 0. The molecule has 0 aromatic heterocycles. The molecule has 0 saturated heterocycles. The monoisotopic (exact) mass is 360 g/mol. The highest BCUT2D eigenvalue weighted by molar-refractivity contribution is 5.98. The maximum atomic E-state index is 6.85. The predicted octanol–water partition coefficient (Wildman–Crippen LogP) is -6.30. The van der Waals surface area contributed by atoms with Gasteiger partial charge in [0, 0.05) is 0 Å². The van der Waals surface area contributed by atoms with Gasteiger partial charge in [-0.3, -0.25) is 43.2 Å². The second-order valence-corrected chi connectivity index (χ2v) is 3.43. The van der Waals surface area contributed by atoms with E-state index in [0.29, 0.717) is 0 Å². The summed E-state index contributed by atoms with van der Waals surface area (Å²) < 4.78 is 0. The molecule has 0 aliphatic rings. The van der Waals surface area contributed by atoms with Crippen molar-refractivity contribution in [1.29, 1.82) is 27.0 Å². The molecule has 0 aliphatic carbocycles. The van der Waals surface area contributed by atoms with Crippen molar-refractivity contribution in [3.8, 4) is 0 Å². The van der Waals surface area contributed by atoms with Crippen LogP contribution in [0.5, 0.6) is 0 Å². The van der Waals surface area contributed by atoms with E-state index in [1.807, 2.05) is 5.32 Å². The Morgan fingerprint density at radius 1 is 0.520 bits per heavy atom. The smallest absolute Gasteiger partial charge is 0.248 e. The van der Waals surface area contributed by atoms with E-state index < -0.39 is 5.96 Å². The van der Waals surface area contributed by atoms with Crippen LogP contribution in [0.15, 0.2) is 9.98 Å². The summed E-state index contributed by atoms with van der Waals surface area (Å²) in [5.74, 6) is -2.11. The maximum absolute atomic E-state index is 6.85. The Bertz CT molecular complexity index is 486. The van der Waals surface area contributed by atoms with Crippen molar-refractivity contribution in [1.82, 2.24) is 16.2 Å². The third kappa shape index (κ3) is 38.2. The third-order valence-electron chi connectivity index (χ3n) is 1.07. The average molecular weight is 360 g/mol. The number of guanidine groups is 7. The van der Waals surface area contributed by atoms with Gasteiger partial charge < -0.3 is 45.9 Å². The summed E-state index contributed by atoms with van der Waals surface area (Å²) in [6.07, 6.45) is 0. The molecular weight excluding hydrogens is 336 g/mol. The van der Waals surface area contributed by atoms with Gasteiger partial charge in [-0.25, -0.2) is 0 Å². The highest BCUT2D eigenvalue weighted by Gasteiger charge is 1.89. The fraction of sp³-hybridized carbons (Fsp3) is 0. The summed E-state index contributed by atoms with van der Waals surface area (Å²) >= 11 is 0. The van der Waals surface area contributed by atoms with Crippen molar-refractivity contribution in [3.63, 3.8) is 0 Å². The van der Waals surface area contributed by atoms with Crippen molar-refractivity contribution < 1.29 is 0 Å². The SMILES string of the molecule is N=C(N)NC(=N)N.N=C(N)NNC(=N)N.N=C(N=C(N)N)N=C(N)N. The highest BCUT2D eigenvalue weighted by Crippen LogP contribution is 1.74. The summed E-state index contributed by atoms with van der Waals surface area (Å²) in [6, 6.07) is 0. The summed E-state index contributed by atoms with van der Waals surface area (Å²) in [7, 11) is 0. The fourth-order valence-corrected chi connectivity index (χ4v) is 0.549. The molecule has 24 N–H and O–H groups in total. The Morgan fingerprint density at radius 3 is 0.920 bits per heavy atom. The van der Waals surface area contributed by atoms with E-state index in [1.54, 1.807) is 0 Å². The van der Waals surface area contributed by atoms with E-state index >= 15 is 0 Å². The number of aliphatic imine (C=N–C) groups is 2. The van der Waals surface area contributed by atoms with Crippen LogP contribution in [0, 0.1) is 27.0 Å². The van der Waals surface area contributed by atoms with Crippen LogP contribution in [0.1, 0.15) is 0 Å². The van der Waals surface area contributed by atoms with Crippen LogP contribution in [0.4, 0.5) is 0 Å². The number of nitrogens with one attached hydrogen (secondary N) is 8. The lowest BCUT2D eigenvalue weighted by atomic mass is 10.9. The van der Waals surface area contributed by atoms with Crippen molar-refractivity contribution in [2.75, 3.05) is 0 Å². The summed E-state index contributed by atoms with van der Waals surface area (Å²) in [4.78, 5) is 6.45. The van der Waals surface area contributed by atoms with Crippen LogP contribution in [-0.2, 0) is 0 Å². The zero-order valence-electron chi connectivity index (χ0n) is 13.0. The molecule has 0 unspecified atom stereocenters. The first kappa shape index (κ1) is 25.4. The standard InChI is InChI=1S/C3H9N7.C2H8N6.C2H7N5/c4-1(5)9-3(8)10-2(6)7;3-1(4)7-8-2(5)6;3-1(4)7-2(5)6/h(H9,4,5,6,7,8,9,10);(H4,3,4,7)(H4,5,6,8);(H7,3,4,5,6,7). The lowest BCUT2D eigenvalue weighted by Gasteiger charge is -2.02. The number of hydrogen-bond acceptors (Lipinski definition) is 5. The average Bonchev–Trinajstić information content (AvgIpc) is 2.33. The molecule has 0 atom stereocenters. The zero-order valence-corrected chi connectivity index (χ0v) is 13.0. The molecule has 0 amide bonds. The minimum atomic E-state index is -0.417. The van der Waals surface area contributed by atoms with Gasteiger partial charge in [0.15, 0.2) is 23.8 Å². The lowest BCUT2D eigenvalue weighted by Crippen LogP contribution is -2.47. The molecule has 0 rings (SSSR count). The number of nitrogens with zero attached hydrogens (tertiary/aromatic N) is 2. The molecule has 0 radical (unpaired) electrons. The molecule has 0 aromatic carbocycles. The predicted molar refractivity (Wildman–Crippen MR) is 96.4 cm³/mol. The molecule has 0 spiro atoms. The molecule has 0 bridgehead atoms. The van der Waals surface area contributed by atoms with Gasteiger partial charge in [0.25, 0.3) is 0 Å². The first-order chi connectivity index (χ1) is 11.3. The van der Waals surface area contributed by atoms with Crippen LogP contribution in [0.2, 0.25) is 0 Å². The molecular formula is C7H24N18. The van der Waals surface area contributed by atoms with Gasteiger partial charge in [0.2, 0.25) is 17.9 Å². The van der Waals surface area contributed by atoms with Crippen LogP contribution in [0.25, 0.3) is 0 Å². The molecule has 0 saturated carbocycles. The summed E-state index contributed by atoms with van der Waals surface area (Å²) in [6.45, 7) is 0. The second kappa shape index (κ2) is 14.4. The van der Waals surface area contributed by atoms with Crippen molar-refractivity contribution in [2.24, 2.45) is 55.9 Å². The van der Waals surface area contributed by atoms with E-state index in [-0.39, 0.29) is 35.8 Å². The molecule has 0 fully saturated rings. The van der Waals surface area contributed by atoms with Gasteiger partial charge >= 0.3 is 0 Å². The fourth-order valence-electron chi connectivity index (χ4n) is 0.549.